The zero-order valence-corrected chi connectivity index (χ0v) is 18.2. The van der Waals surface area contributed by atoms with Gasteiger partial charge in [0.1, 0.15) is 18.1 Å². The van der Waals surface area contributed by atoms with E-state index in [0.29, 0.717) is 24.5 Å². The summed E-state index contributed by atoms with van der Waals surface area (Å²) in [5, 5.41) is 0. The third-order valence-electron chi connectivity index (χ3n) is 5.93. The summed E-state index contributed by atoms with van der Waals surface area (Å²) >= 11 is 0. The van der Waals surface area contributed by atoms with Crippen LogP contribution in [0.25, 0.3) is 0 Å². The third kappa shape index (κ3) is 4.39. The number of ether oxygens (including phenoxy) is 3. The fourth-order valence-electron chi connectivity index (χ4n) is 4.24. The Bertz CT molecular complexity index is 1010. The number of nitrogens with zero attached hydrogens (tertiary/aromatic N) is 2. The molecule has 2 aromatic carbocycles. The summed E-state index contributed by atoms with van der Waals surface area (Å²) in [4.78, 5) is 41.0. The minimum absolute atomic E-state index is 0.0686. The summed E-state index contributed by atoms with van der Waals surface area (Å²) in [7, 11) is 3.13. The van der Waals surface area contributed by atoms with E-state index >= 15 is 0 Å². The van der Waals surface area contributed by atoms with E-state index in [9.17, 15) is 14.4 Å². The van der Waals surface area contributed by atoms with Crippen LogP contribution in [0.2, 0.25) is 0 Å². The van der Waals surface area contributed by atoms with Crippen LogP contribution in [-0.2, 0) is 27.3 Å². The monoisotopic (exact) mass is 438 g/mol. The Morgan fingerprint density at radius 2 is 1.88 bits per heavy atom. The van der Waals surface area contributed by atoms with Gasteiger partial charge in [-0.05, 0) is 24.1 Å². The van der Waals surface area contributed by atoms with E-state index in [2.05, 4.69) is 0 Å². The topological polar surface area (TPSA) is 85.4 Å². The second kappa shape index (κ2) is 9.30. The summed E-state index contributed by atoms with van der Waals surface area (Å²) < 4.78 is 15.8. The standard InChI is InChI=1S/C24H26N2O6/c1-30-20-9-8-17(21(12-20)31-2)13-25-14-18(11-22(25)27)23(28)26-19(15-32-24(26)29)10-16-6-4-3-5-7-16/h3-9,12,18-19H,10-11,13-15H2,1-2H3. The number of benzene rings is 2. The van der Waals surface area contributed by atoms with E-state index in [1.165, 1.54) is 4.90 Å². The number of carbonyl (C=O) groups is 3. The molecule has 0 aromatic heterocycles. The van der Waals surface area contributed by atoms with Crippen LogP contribution < -0.4 is 9.47 Å². The number of rotatable bonds is 7. The minimum atomic E-state index is -0.640. The first-order valence-corrected chi connectivity index (χ1v) is 10.5. The first-order valence-electron chi connectivity index (χ1n) is 10.5. The molecule has 168 valence electrons. The molecule has 8 heteroatoms. The van der Waals surface area contributed by atoms with E-state index in [1.807, 2.05) is 36.4 Å². The lowest BCUT2D eigenvalue weighted by Gasteiger charge is -2.23. The lowest BCUT2D eigenvalue weighted by atomic mass is 10.0. The van der Waals surface area contributed by atoms with Crippen LogP contribution in [0.15, 0.2) is 48.5 Å². The number of hydrogen-bond acceptors (Lipinski definition) is 6. The second-order valence-corrected chi connectivity index (χ2v) is 7.98. The lowest BCUT2D eigenvalue weighted by molar-refractivity contribution is -0.134. The molecule has 0 radical (unpaired) electrons. The summed E-state index contributed by atoms with van der Waals surface area (Å²) in [6.07, 6.45) is -0.0520. The van der Waals surface area contributed by atoms with Gasteiger partial charge in [0.15, 0.2) is 0 Å². The Labute approximate surface area is 186 Å². The van der Waals surface area contributed by atoms with E-state index < -0.39 is 12.0 Å². The summed E-state index contributed by atoms with van der Waals surface area (Å²) in [6, 6.07) is 14.7. The highest BCUT2D eigenvalue weighted by Crippen LogP contribution is 2.30. The van der Waals surface area contributed by atoms with Crippen molar-refractivity contribution in [2.75, 3.05) is 27.4 Å². The van der Waals surface area contributed by atoms with Crippen LogP contribution in [-0.4, -0.2) is 61.1 Å². The average molecular weight is 438 g/mol. The molecule has 2 saturated heterocycles. The van der Waals surface area contributed by atoms with E-state index in [1.54, 1.807) is 31.3 Å². The van der Waals surface area contributed by atoms with Gasteiger partial charge in [0.05, 0.1) is 26.2 Å². The van der Waals surface area contributed by atoms with E-state index in [-0.39, 0.29) is 37.4 Å². The number of methoxy groups -OCH3 is 2. The average Bonchev–Trinajstić information content (AvgIpc) is 3.36. The molecule has 0 spiro atoms. The normalized spacial score (nSPS) is 20.4. The molecule has 0 bridgehead atoms. The van der Waals surface area contributed by atoms with Crippen LogP contribution in [0.4, 0.5) is 4.79 Å². The molecule has 0 N–H and O–H groups in total. The molecule has 3 amide bonds. The van der Waals surface area contributed by atoms with Crippen molar-refractivity contribution in [1.82, 2.24) is 9.80 Å². The fraction of sp³-hybridized carbons (Fsp3) is 0.375. The van der Waals surface area contributed by atoms with Crippen molar-refractivity contribution in [1.29, 1.82) is 0 Å². The van der Waals surface area contributed by atoms with Crippen LogP contribution >= 0.6 is 0 Å². The summed E-state index contributed by atoms with van der Waals surface area (Å²) in [5.41, 5.74) is 1.83. The number of carbonyl (C=O) groups excluding carboxylic acids is 3. The van der Waals surface area contributed by atoms with Gasteiger partial charge in [-0.1, -0.05) is 30.3 Å². The van der Waals surface area contributed by atoms with Gasteiger partial charge in [-0.2, -0.15) is 0 Å². The maximum absolute atomic E-state index is 13.2. The molecule has 2 unspecified atom stereocenters. The zero-order chi connectivity index (χ0) is 22.7. The predicted molar refractivity (Wildman–Crippen MR) is 115 cm³/mol. The van der Waals surface area contributed by atoms with Crippen molar-refractivity contribution in [2.24, 2.45) is 5.92 Å². The van der Waals surface area contributed by atoms with Gasteiger partial charge >= 0.3 is 6.09 Å². The van der Waals surface area contributed by atoms with Crippen LogP contribution in [0, 0.1) is 5.92 Å². The van der Waals surface area contributed by atoms with Gasteiger partial charge < -0.3 is 19.1 Å². The summed E-state index contributed by atoms with van der Waals surface area (Å²) in [5.74, 6) is 0.191. The number of amides is 3. The molecular formula is C24H26N2O6. The molecule has 32 heavy (non-hydrogen) atoms. The van der Waals surface area contributed by atoms with E-state index in [0.717, 1.165) is 11.1 Å². The molecule has 2 heterocycles. The Balaban J connectivity index is 1.45. The smallest absolute Gasteiger partial charge is 0.416 e. The van der Waals surface area contributed by atoms with Crippen molar-refractivity contribution >= 4 is 17.9 Å². The maximum Gasteiger partial charge on any atom is 0.416 e. The molecule has 4 rings (SSSR count). The van der Waals surface area contributed by atoms with Crippen molar-refractivity contribution in [3.8, 4) is 11.5 Å². The predicted octanol–water partition coefficient (Wildman–Crippen LogP) is 2.64. The van der Waals surface area contributed by atoms with Crippen molar-refractivity contribution in [2.45, 2.75) is 25.4 Å². The van der Waals surface area contributed by atoms with Crippen molar-refractivity contribution in [3.05, 3.63) is 59.7 Å². The Kier molecular flexibility index (Phi) is 6.30. The molecule has 2 fully saturated rings. The maximum atomic E-state index is 13.2. The van der Waals surface area contributed by atoms with Crippen molar-refractivity contribution in [3.63, 3.8) is 0 Å². The van der Waals surface area contributed by atoms with Gasteiger partial charge in [0.25, 0.3) is 0 Å². The highest BCUT2D eigenvalue weighted by Gasteiger charge is 2.44. The number of cyclic esters (lactones) is 1. The van der Waals surface area contributed by atoms with Crippen molar-refractivity contribution < 1.29 is 28.6 Å². The van der Waals surface area contributed by atoms with Gasteiger partial charge in [0.2, 0.25) is 11.8 Å². The molecule has 2 atom stereocenters. The molecule has 0 saturated carbocycles. The molecule has 2 aliphatic heterocycles. The van der Waals surface area contributed by atoms with Gasteiger partial charge in [0, 0.05) is 31.1 Å². The Morgan fingerprint density at radius 3 is 2.59 bits per heavy atom. The summed E-state index contributed by atoms with van der Waals surface area (Å²) in [6.45, 7) is 0.718. The number of hydrogen-bond donors (Lipinski definition) is 0. The van der Waals surface area contributed by atoms with Gasteiger partial charge in [-0.15, -0.1) is 0 Å². The number of likely N-dealkylation sites (tertiary alicyclic amines) is 1. The van der Waals surface area contributed by atoms with Crippen LogP contribution in [0.3, 0.4) is 0 Å². The van der Waals surface area contributed by atoms with Gasteiger partial charge in [-0.25, -0.2) is 9.69 Å². The van der Waals surface area contributed by atoms with Crippen LogP contribution in [0.5, 0.6) is 11.5 Å². The Morgan fingerprint density at radius 1 is 1.09 bits per heavy atom. The highest BCUT2D eigenvalue weighted by molar-refractivity contribution is 5.98. The highest BCUT2D eigenvalue weighted by atomic mass is 16.6. The molecule has 8 nitrogen and oxygen atoms in total. The molecule has 2 aliphatic rings. The molecule has 2 aromatic rings. The third-order valence-corrected chi connectivity index (χ3v) is 5.93. The van der Waals surface area contributed by atoms with Gasteiger partial charge in [-0.3, -0.25) is 9.59 Å². The quantitative estimate of drug-likeness (QED) is 0.661. The first-order chi connectivity index (χ1) is 15.5. The minimum Gasteiger partial charge on any atom is -0.497 e. The largest absolute Gasteiger partial charge is 0.497 e. The zero-order valence-electron chi connectivity index (χ0n) is 18.2. The second-order valence-electron chi connectivity index (χ2n) is 7.98. The lowest BCUT2D eigenvalue weighted by Crippen LogP contribution is -2.44. The molecule has 0 aliphatic carbocycles. The van der Waals surface area contributed by atoms with E-state index in [4.69, 9.17) is 14.2 Å². The first kappa shape index (κ1) is 21.7. The molecular weight excluding hydrogens is 412 g/mol. The number of imide groups is 1. The fourth-order valence-corrected chi connectivity index (χ4v) is 4.24. The Hall–Kier alpha value is -3.55. The van der Waals surface area contributed by atoms with Crippen LogP contribution in [0.1, 0.15) is 17.5 Å². The SMILES string of the molecule is COc1ccc(CN2CC(C(=O)N3C(=O)OCC3Cc3ccccc3)CC2=O)c(OC)c1.